The average Bonchev–Trinajstić information content (AvgIpc) is 3.42. The van der Waals surface area contributed by atoms with Gasteiger partial charge in [0.05, 0.1) is 0 Å². The molecule has 6 heteroatoms. The molecule has 0 rings (SSSR count). The Morgan fingerprint density at radius 2 is 0.434 bits per heavy atom. The molecule has 1 atom stereocenters. The highest BCUT2D eigenvalue weighted by Crippen LogP contribution is 2.19. The fourth-order valence-electron chi connectivity index (χ4n) is 10.8. The molecule has 0 aliphatic carbocycles. The van der Waals surface area contributed by atoms with Crippen molar-refractivity contribution in [3.8, 4) is 0 Å². The largest absolute Gasteiger partial charge is 0.462 e. The molecule has 0 aromatic rings. The third-order valence-electron chi connectivity index (χ3n) is 16.0. The highest BCUT2D eigenvalue weighted by molar-refractivity contribution is 5.71. The summed E-state index contributed by atoms with van der Waals surface area (Å²) in [7, 11) is 0. The molecule has 0 fully saturated rings. The SMILES string of the molecule is CCCCCCCCCC/C=C\CCCCCCCCCCCCCCCCCCCCCC(=O)OCC(COC(=O)CCCCCCCCCCC)OC(=O)CCCCCCCCCCCCCCCCCCCC. The molecule has 0 heterocycles. The van der Waals surface area contributed by atoms with E-state index in [9.17, 15) is 14.4 Å². The third-order valence-corrected chi connectivity index (χ3v) is 16.0. The van der Waals surface area contributed by atoms with Gasteiger partial charge in [-0.15, -0.1) is 0 Å². The maximum Gasteiger partial charge on any atom is 0.306 e. The summed E-state index contributed by atoms with van der Waals surface area (Å²) in [5.41, 5.74) is 0. The maximum atomic E-state index is 12.9. The molecule has 0 saturated heterocycles. The topological polar surface area (TPSA) is 78.9 Å². The highest BCUT2D eigenvalue weighted by atomic mass is 16.6. The summed E-state index contributed by atoms with van der Waals surface area (Å²) in [6, 6.07) is 0. The number of hydrogen-bond donors (Lipinski definition) is 0. The first-order chi connectivity index (χ1) is 37.5. The Bertz CT molecular complexity index is 1180. The summed E-state index contributed by atoms with van der Waals surface area (Å²) in [6.45, 7) is 6.70. The number of allylic oxidation sites excluding steroid dienone is 2. The van der Waals surface area contributed by atoms with Gasteiger partial charge in [-0.3, -0.25) is 14.4 Å². The van der Waals surface area contributed by atoms with E-state index in [1.165, 1.54) is 302 Å². The minimum absolute atomic E-state index is 0.0624. The molecule has 0 amide bonds. The lowest BCUT2D eigenvalue weighted by Crippen LogP contribution is -2.30. The Kier molecular flexibility index (Phi) is 64.1. The van der Waals surface area contributed by atoms with Gasteiger partial charge in [0.15, 0.2) is 6.10 Å². The Morgan fingerprint density at radius 1 is 0.250 bits per heavy atom. The summed E-state index contributed by atoms with van der Waals surface area (Å²) >= 11 is 0. The number of carbonyl (C=O) groups is 3. The van der Waals surface area contributed by atoms with Gasteiger partial charge in [-0.2, -0.15) is 0 Å². The first-order valence-corrected chi connectivity index (χ1v) is 34.7. The minimum Gasteiger partial charge on any atom is -0.462 e. The van der Waals surface area contributed by atoms with Crippen LogP contribution in [0.2, 0.25) is 0 Å². The zero-order valence-electron chi connectivity index (χ0n) is 51.8. The van der Waals surface area contributed by atoms with E-state index >= 15 is 0 Å². The first kappa shape index (κ1) is 74.2. The molecule has 0 N–H and O–H groups in total. The van der Waals surface area contributed by atoms with Gasteiger partial charge in [0, 0.05) is 19.3 Å². The molecule has 6 nitrogen and oxygen atoms in total. The molecule has 0 radical (unpaired) electrons. The van der Waals surface area contributed by atoms with Gasteiger partial charge in [-0.1, -0.05) is 348 Å². The van der Waals surface area contributed by atoms with Crippen LogP contribution in [-0.4, -0.2) is 37.2 Å². The molecular formula is C70H134O6. The van der Waals surface area contributed by atoms with E-state index in [1.807, 2.05) is 0 Å². The second kappa shape index (κ2) is 65.7. The van der Waals surface area contributed by atoms with Gasteiger partial charge in [-0.25, -0.2) is 0 Å². The van der Waals surface area contributed by atoms with Crippen molar-refractivity contribution >= 4 is 17.9 Å². The number of hydrogen-bond acceptors (Lipinski definition) is 6. The van der Waals surface area contributed by atoms with Gasteiger partial charge in [-0.05, 0) is 44.9 Å². The van der Waals surface area contributed by atoms with E-state index in [0.717, 1.165) is 57.8 Å². The van der Waals surface area contributed by atoms with E-state index in [-0.39, 0.29) is 31.1 Å². The average molecular weight is 1070 g/mol. The molecule has 0 aromatic carbocycles. The lowest BCUT2D eigenvalue weighted by molar-refractivity contribution is -0.167. The van der Waals surface area contributed by atoms with E-state index in [4.69, 9.17) is 14.2 Å². The number of unbranched alkanes of at least 4 members (excludes halogenated alkanes) is 52. The number of rotatable bonds is 65. The van der Waals surface area contributed by atoms with Crippen molar-refractivity contribution in [2.24, 2.45) is 0 Å². The number of ether oxygens (including phenoxy) is 3. The van der Waals surface area contributed by atoms with E-state index < -0.39 is 6.10 Å². The van der Waals surface area contributed by atoms with Crippen molar-refractivity contribution < 1.29 is 28.6 Å². The van der Waals surface area contributed by atoms with Crippen LogP contribution in [0.3, 0.4) is 0 Å². The van der Waals surface area contributed by atoms with Gasteiger partial charge < -0.3 is 14.2 Å². The van der Waals surface area contributed by atoms with Gasteiger partial charge in [0.1, 0.15) is 13.2 Å². The lowest BCUT2D eigenvalue weighted by atomic mass is 10.0. The predicted octanol–water partition coefficient (Wildman–Crippen LogP) is 23.6. The number of carbonyl (C=O) groups excluding carboxylic acids is 3. The molecule has 76 heavy (non-hydrogen) atoms. The van der Waals surface area contributed by atoms with Crippen LogP contribution in [0.15, 0.2) is 12.2 Å². The van der Waals surface area contributed by atoms with Gasteiger partial charge in [0.2, 0.25) is 0 Å². The van der Waals surface area contributed by atoms with Crippen LogP contribution in [0, 0.1) is 0 Å². The predicted molar refractivity (Wildman–Crippen MR) is 330 cm³/mol. The highest BCUT2D eigenvalue weighted by Gasteiger charge is 2.19. The first-order valence-electron chi connectivity index (χ1n) is 34.7. The third kappa shape index (κ3) is 63.0. The molecule has 0 aliphatic rings. The molecule has 0 saturated carbocycles. The second-order valence-corrected chi connectivity index (χ2v) is 23.8. The quantitative estimate of drug-likeness (QED) is 0.0261. The summed E-state index contributed by atoms with van der Waals surface area (Å²) in [5.74, 6) is -0.833. The van der Waals surface area contributed by atoms with E-state index in [2.05, 4.69) is 32.9 Å². The summed E-state index contributed by atoms with van der Waals surface area (Å²) in [5, 5.41) is 0. The van der Waals surface area contributed by atoms with Crippen LogP contribution in [0.25, 0.3) is 0 Å². The fourth-order valence-corrected chi connectivity index (χ4v) is 10.8. The Hall–Kier alpha value is -1.85. The smallest absolute Gasteiger partial charge is 0.306 e. The number of esters is 3. The Morgan fingerprint density at radius 3 is 0.658 bits per heavy atom. The second-order valence-electron chi connectivity index (χ2n) is 23.8. The summed E-state index contributed by atoms with van der Waals surface area (Å²) in [6.07, 6.45) is 78.3. The monoisotopic (exact) mass is 1070 g/mol. The van der Waals surface area contributed by atoms with Crippen molar-refractivity contribution in [3.63, 3.8) is 0 Å². The van der Waals surface area contributed by atoms with Crippen LogP contribution in [0.1, 0.15) is 400 Å². The zero-order valence-corrected chi connectivity index (χ0v) is 51.8. The molecule has 0 aliphatic heterocycles. The molecule has 450 valence electrons. The lowest BCUT2D eigenvalue weighted by Gasteiger charge is -2.18. The maximum absolute atomic E-state index is 12.9. The minimum atomic E-state index is -0.763. The standard InChI is InChI=1S/C70H134O6/c1-4-7-10-13-16-19-21-23-25-27-29-30-31-32-33-34-35-36-37-38-39-40-41-43-44-46-48-51-54-57-60-63-69(72)75-66-67(65-74-68(71)62-59-56-53-50-18-15-12-9-6-3)76-70(73)64-61-58-55-52-49-47-45-42-28-26-24-22-20-17-14-11-8-5-2/h27,29,67H,4-26,28,30-66H2,1-3H3/b29-27-. The summed E-state index contributed by atoms with van der Waals surface area (Å²) in [4.78, 5) is 38.2. The Balaban J connectivity index is 4.03. The Labute approximate surface area is 475 Å². The van der Waals surface area contributed by atoms with Crippen LogP contribution in [0.4, 0.5) is 0 Å². The molecule has 0 bridgehead atoms. The van der Waals surface area contributed by atoms with Crippen LogP contribution < -0.4 is 0 Å². The van der Waals surface area contributed by atoms with Crippen LogP contribution >= 0.6 is 0 Å². The van der Waals surface area contributed by atoms with Gasteiger partial charge >= 0.3 is 17.9 Å². The molecule has 0 aromatic heterocycles. The van der Waals surface area contributed by atoms with Crippen LogP contribution in [0.5, 0.6) is 0 Å². The fraction of sp³-hybridized carbons (Fsp3) is 0.929. The van der Waals surface area contributed by atoms with Crippen molar-refractivity contribution in [2.45, 2.75) is 406 Å². The van der Waals surface area contributed by atoms with E-state index in [1.54, 1.807) is 0 Å². The molecule has 0 spiro atoms. The van der Waals surface area contributed by atoms with Crippen LogP contribution in [-0.2, 0) is 28.6 Å². The molecule has 1 unspecified atom stereocenters. The zero-order chi connectivity index (χ0) is 55.0. The van der Waals surface area contributed by atoms with Gasteiger partial charge in [0.25, 0.3) is 0 Å². The normalized spacial score (nSPS) is 12.0. The van der Waals surface area contributed by atoms with Crippen molar-refractivity contribution in [1.29, 1.82) is 0 Å². The van der Waals surface area contributed by atoms with E-state index in [0.29, 0.717) is 19.3 Å². The van der Waals surface area contributed by atoms with Crippen molar-refractivity contribution in [3.05, 3.63) is 12.2 Å². The van der Waals surface area contributed by atoms with Crippen molar-refractivity contribution in [2.75, 3.05) is 13.2 Å². The molecular weight excluding hydrogens is 937 g/mol. The summed E-state index contributed by atoms with van der Waals surface area (Å²) < 4.78 is 16.9. The van der Waals surface area contributed by atoms with Crippen molar-refractivity contribution in [1.82, 2.24) is 0 Å².